The molecule has 0 amide bonds. The minimum Gasteiger partial charge on any atom is -0.389 e. The van der Waals surface area contributed by atoms with Crippen LogP contribution >= 0.6 is 0 Å². The molecule has 0 radical (unpaired) electrons. The molecule has 0 aliphatic carbocycles. The van der Waals surface area contributed by atoms with Crippen molar-refractivity contribution in [2.75, 3.05) is 6.54 Å². The standard InChI is InChI=1S/C9H14N2O3/c1-5-2-6(9(14)11-4-5)8(13)7(12)3-10/h2,4,7-8,12-13H,3,10H2,1H3,(H,11,14). The van der Waals surface area contributed by atoms with Crippen LogP contribution in [0.2, 0.25) is 0 Å². The van der Waals surface area contributed by atoms with Gasteiger partial charge in [0, 0.05) is 18.3 Å². The number of aryl methyl sites for hydroxylation is 1. The third kappa shape index (κ3) is 2.20. The molecule has 0 spiro atoms. The van der Waals surface area contributed by atoms with E-state index in [-0.39, 0.29) is 12.1 Å². The van der Waals surface area contributed by atoms with Gasteiger partial charge < -0.3 is 20.9 Å². The third-order valence-electron chi connectivity index (χ3n) is 2.00. The number of hydrogen-bond acceptors (Lipinski definition) is 4. The van der Waals surface area contributed by atoms with Crippen molar-refractivity contribution in [2.45, 2.75) is 19.1 Å². The molecule has 2 unspecified atom stereocenters. The lowest BCUT2D eigenvalue weighted by Gasteiger charge is -2.15. The Morgan fingerprint density at radius 3 is 2.79 bits per heavy atom. The second-order valence-electron chi connectivity index (χ2n) is 3.21. The van der Waals surface area contributed by atoms with Crippen LogP contribution in [0.1, 0.15) is 17.2 Å². The highest BCUT2D eigenvalue weighted by molar-refractivity contribution is 5.20. The summed E-state index contributed by atoms with van der Waals surface area (Å²) in [5, 5.41) is 18.8. The summed E-state index contributed by atoms with van der Waals surface area (Å²) in [6, 6.07) is 1.53. The number of H-pyrrole nitrogens is 1. The second-order valence-corrected chi connectivity index (χ2v) is 3.21. The van der Waals surface area contributed by atoms with Crippen LogP contribution in [0.4, 0.5) is 0 Å². The minimum absolute atomic E-state index is 0.0887. The maximum atomic E-state index is 11.3. The molecule has 5 nitrogen and oxygen atoms in total. The maximum Gasteiger partial charge on any atom is 0.253 e. The Labute approximate surface area is 81.2 Å². The smallest absolute Gasteiger partial charge is 0.253 e. The summed E-state index contributed by atoms with van der Waals surface area (Å²) in [6.45, 7) is 1.69. The molecule has 14 heavy (non-hydrogen) atoms. The average molecular weight is 198 g/mol. The van der Waals surface area contributed by atoms with E-state index in [9.17, 15) is 15.0 Å². The number of hydrogen-bond donors (Lipinski definition) is 4. The Morgan fingerprint density at radius 2 is 2.21 bits per heavy atom. The number of nitrogens with one attached hydrogen (secondary N) is 1. The fourth-order valence-electron chi connectivity index (χ4n) is 1.17. The van der Waals surface area contributed by atoms with Crippen molar-refractivity contribution in [3.8, 4) is 0 Å². The Morgan fingerprint density at radius 1 is 1.57 bits per heavy atom. The number of aromatic nitrogens is 1. The number of nitrogens with two attached hydrogens (primary N) is 1. The quantitative estimate of drug-likeness (QED) is 0.502. The van der Waals surface area contributed by atoms with E-state index >= 15 is 0 Å². The highest BCUT2D eigenvalue weighted by Gasteiger charge is 2.19. The van der Waals surface area contributed by atoms with Crippen LogP contribution in [0.25, 0.3) is 0 Å². The van der Waals surface area contributed by atoms with Crippen molar-refractivity contribution in [1.29, 1.82) is 0 Å². The topological polar surface area (TPSA) is 99.3 Å². The highest BCUT2D eigenvalue weighted by Crippen LogP contribution is 2.12. The van der Waals surface area contributed by atoms with Gasteiger partial charge in [-0.3, -0.25) is 4.79 Å². The molecule has 0 saturated heterocycles. The Kier molecular flexibility index (Phi) is 3.40. The number of rotatable bonds is 3. The van der Waals surface area contributed by atoms with Gasteiger partial charge in [-0.2, -0.15) is 0 Å². The summed E-state index contributed by atoms with van der Waals surface area (Å²) < 4.78 is 0. The van der Waals surface area contributed by atoms with Gasteiger partial charge in [0.25, 0.3) is 5.56 Å². The van der Waals surface area contributed by atoms with Crippen LogP contribution in [-0.2, 0) is 0 Å². The molecule has 2 atom stereocenters. The molecule has 0 aromatic carbocycles. The maximum absolute atomic E-state index is 11.3. The largest absolute Gasteiger partial charge is 0.389 e. The van der Waals surface area contributed by atoms with Crippen LogP contribution < -0.4 is 11.3 Å². The predicted molar refractivity (Wildman–Crippen MR) is 51.8 cm³/mol. The summed E-state index contributed by atoms with van der Waals surface area (Å²) in [6.07, 6.45) is -0.811. The van der Waals surface area contributed by atoms with Gasteiger partial charge in [0.1, 0.15) is 6.10 Å². The van der Waals surface area contributed by atoms with Crippen molar-refractivity contribution in [3.05, 3.63) is 33.7 Å². The molecule has 78 valence electrons. The van der Waals surface area contributed by atoms with Gasteiger partial charge in [0.15, 0.2) is 0 Å². The molecule has 1 rings (SSSR count). The second kappa shape index (κ2) is 4.36. The normalized spacial score (nSPS) is 15.1. The van der Waals surface area contributed by atoms with Crippen LogP contribution in [0.3, 0.4) is 0 Å². The van der Waals surface area contributed by atoms with E-state index < -0.39 is 17.8 Å². The summed E-state index contributed by atoms with van der Waals surface area (Å²) in [4.78, 5) is 13.7. The van der Waals surface area contributed by atoms with Gasteiger partial charge in [-0.25, -0.2) is 0 Å². The van der Waals surface area contributed by atoms with Gasteiger partial charge in [-0.1, -0.05) is 0 Å². The minimum atomic E-state index is -1.23. The molecule has 0 aliphatic rings. The first-order chi connectivity index (χ1) is 6.56. The summed E-state index contributed by atoms with van der Waals surface area (Å²) in [7, 11) is 0. The van der Waals surface area contributed by atoms with Crippen molar-refractivity contribution >= 4 is 0 Å². The van der Waals surface area contributed by atoms with E-state index in [4.69, 9.17) is 5.73 Å². The summed E-state index contributed by atoms with van der Waals surface area (Å²) in [5.41, 5.74) is 5.72. The summed E-state index contributed by atoms with van der Waals surface area (Å²) in [5.74, 6) is 0. The van der Waals surface area contributed by atoms with Gasteiger partial charge in [-0.15, -0.1) is 0 Å². The van der Waals surface area contributed by atoms with Gasteiger partial charge in [0.05, 0.1) is 6.10 Å². The third-order valence-corrected chi connectivity index (χ3v) is 2.00. The lowest BCUT2D eigenvalue weighted by Crippen LogP contribution is -2.31. The molecular formula is C9H14N2O3. The van der Waals surface area contributed by atoms with E-state index in [0.717, 1.165) is 5.56 Å². The zero-order valence-electron chi connectivity index (χ0n) is 7.90. The van der Waals surface area contributed by atoms with Crippen molar-refractivity contribution in [3.63, 3.8) is 0 Å². The van der Waals surface area contributed by atoms with Crippen LogP contribution in [0.5, 0.6) is 0 Å². The predicted octanol–water partition coefficient (Wildman–Crippen LogP) is -0.964. The van der Waals surface area contributed by atoms with Crippen molar-refractivity contribution in [1.82, 2.24) is 4.98 Å². The van der Waals surface area contributed by atoms with E-state index in [1.807, 2.05) is 0 Å². The highest BCUT2D eigenvalue weighted by atomic mass is 16.3. The van der Waals surface area contributed by atoms with Crippen molar-refractivity contribution < 1.29 is 10.2 Å². The summed E-state index contributed by atoms with van der Waals surface area (Å²) >= 11 is 0. The van der Waals surface area contributed by atoms with Crippen LogP contribution in [0.15, 0.2) is 17.1 Å². The lowest BCUT2D eigenvalue weighted by molar-refractivity contribution is 0.0234. The molecule has 1 aromatic rings. The van der Waals surface area contributed by atoms with E-state index in [1.54, 1.807) is 6.92 Å². The van der Waals surface area contributed by atoms with Crippen molar-refractivity contribution in [2.24, 2.45) is 5.73 Å². The molecule has 0 fully saturated rings. The first-order valence-electron chi connectivity index (χ1n) is 4.31. The lowest BCUT2D eigenvalue weighted by atomic mass is 10.1. The van der Waals surface area contributed by atoms with Gasteiger partial charge in [0.2, 0.25) is 0 Å². The molecule has 5 heteroatoms. The van der Waals surface area contributed by atoms with Gasteiger partial charge in [-0.05, 0) is 18.6 Å². The Bertz CT molecular complexity index is 361. The molecular weight excluding hydrogens is 184 g/mol. The average Bonchev–Trinajstić information content (AvgIpc) is 2.19. The SMILES string of the molecule is Cc1c[nH]c(=O)c(C(O)C(O)CN)c1. The number of pyridine rings is 1. The fourth-order valence-corrected chi connectivity index (χ4v) is 1.17. The Hall–Kier alpha value is -1.17. The molecule has 1 heterocycles. The molecule has 0 saturated carbocycles. The zero-order chi connectivity index (χ0) is 10.7. The Balaban J connectivity index is 3.05. The number of aromatic amines is 1. The molecule has 5 N–H and O–H groups in total. The molecule has 0 bridgehead atoms. The van der Waals surface area contributed by atoms with Gasteiger partial charge >= 0.3 is 0 Å². The van der Waals surface area contributed by atoms with E-state index in [0.29, 0.717) is 0 Å². The van der Waals surface area contributed by atoms with Crippen LogP contribution in [0, 0.1) is 6.92 Å². The fraction of sp³-hybridized carbons (Fsp3) is 0.444. The molecule has 1 aromatic heterocycles. The first-order valence-corrected chi connectivity index (χ1v) is 4.31. The monoisotopic (exact) mass is 198 g/mol. The zero-order valence-corrected chi connectivity index (χ0v) is 7.90. The number of aliphatic hydroxyl groups is 2. The van der Waals surface area contributed by atoms with E-state index in [2.05, 4.69) is 4.98 Å². The van der Waals surface area contributed by atoms with Crippen LogP contribution in [-0.4, -0.2) is 27.8 Å². The first kappa shape index (κ1) is 10.9. The number of aliphatic hydroxyl groups excluding tert-OH is 2. The molecule has 0 aliphatic heterocycles. The van der Waals surface area contributed by atoms with E-state index in [1.165, 1.54) is 12.3 Å².